The van der Waals surface area contributed by atoms with Crippen LogP contribution in [0, 0.1) is 6.92 Å². The van der Waals surface area contributed by atoms with E-state index in [4.69, 9.17) is 5.73 Å². The second-order valence-corrected chi connectivity index (χ2v) is 3.50. The molecule has 0 bridgehead atoms. The summed E-state index contributed by atoms with van der Waals surface area (Å²) in [6.45, 7) is 1.73. The molecule has 7 heteroatoms. The first-order valence-electron chi connectivity index (χ1n) is 4.85. The first-order chi connectivity index (χ1) is 8.06. The summed E-state index contributed by atoms with van der Waals surface area (Å²) >= 11 is 0. The molecule has 0 unspecified atom stereocenters. The predicted molar refractivity (Wildman–Crippen MR) is 61.6 cm³/mol. The fraction of sp³-hybridized carbons (Fsp3) is 0.100. The maximum Gasteiger partial charge on any atom is 0.293 e. The summed E-state index contributed by atoms with van der Waals surface area (Å²) in [5.74, 6) is -0.225. The molecule has 0 radical (unpaired) electrons. The summed E-state index contributed by atoms with van der Waals surface area (Å²) in [6, 6.07) is 4.73. The van der Waals surface area contributed by atoms with Crippen LogP contribution in [0.2, 0.25) is 0 Å². The molecular weight excluding hydrogens is 222 g/mol. The number of amides is 1. The van der Waals surface area contributed by atoms with Crippen molar-refractivity contribution in [1.82, 2.24) is 15.2 Å². The molecule has 0 aliphatic rings. The molecule has 88 valence electrons. The molecule has 0 atom stereocenters. The molecule has 1 aromatic heterocycles. The highest BCUT2D eigenvalue weighted by molar-refractivity contribution is 6.01. The predicted octanol–water partition coefficient (Wildman–Crippen LogP) is 0.653. The number of rotatable bonds is 2. The number of phenols is 1. The zero-order valence-corrected chi connectivity index (χ0v) is 9.06. The SMILES string of the molecule is Cc1cc(NC(=O)c2nc(N)n[nH]2)ccc1O. The highest BCUT2D eigenvalue weighted by atomic mass is 16.3. The molecule has 1 aromatic carbocycles. The Morgan fingerprint density at radius 1 is 1.53 bits per heavy atom. The highest BCUT2D eigenvalue weighted by Crippen LogP contribution is 2.20. The van der Waals surface area contributed by atoms with Crippen LogP contribution in [0.4, 0.5) is 11.6 Å². The number of carbonyl (C=O) groups is 1. The standard InChI is InChI=1S/C10H11N5O2/c1-5-4-6(2-3-7(5)16)12-9(17)8-13-10(11)15-14-8/h2-4,16H,1H3,(H,12,17)(H3,11,13,14,15). The smallest absolute Gasteiger partial charge is 0.293 e. The van der Waals surface area contributed by atoms with E-state index < -0.39 is 5.91 Å². The summed E-state index contributed by atoms with van der Waals surface area (Å²) in [4.78, 5) is 15.4. The first kappa shape index (κ1) is 10.9. The molecule has 0 aliphatic carbocycles. The van der Waals surface area contributed by atoms with Crippen LogP contribution in [-0.4, -0.2) is 26.2 Å². The van der Waals surface area contributed by atoms with Gasteiger partial charge in [0.1, 0.15) is 5.75 Å². The second kappa shape index (κ2) is 4.12. The number of nitrogen functional groups attached to an aromatic ring is 1. The Morgan fingerprint density at radius 2 is 2.29 bits per heavy atom. The maximum atomic E-state index is 11.7. The second-order valence-electron chi connectivity index (χ2n) is 3.50. The van der Waals surface area contributed by atoms with Gasteiger partial charge in [-0.15, -0.1) is 5.10 Å². The van der Waals surface area contributed by atoms with Crippen molar-refractivity contribution in [3.8, 4) is 5.75 Å². The van der Waals surface area contributed by atoms with E-state index in [-0.39, 0.29) is 17.5 Å². The molecule has 0 spiro atoms. The molecular formula is C10H11N5O2. The molecule has 2 rings (SSSR count). The van der Waals surface area contributed by atoms with Crippen molar-refractivity contribution < 1.29 is 9.90 Å². The van der Waals surface area contributed by atoms with Crippen molar-refractivity contribution in [2.75, 3.05) is 11.1 Å². The summed E-state index contributed by atoms with van der Waals surface area (Å²) < 4.78 is 0. The molecule has 1 amide bonds. The Kier molecular flexibility index (Phi) is 2.65. The van der Waals surface area contributed by atoms with Crippen LogP contribution in [0.3, 0.4) is 0 Å². The minimum Gasteiger partial charge on any atom is -0.508 e. The molecule has 2 aromatic rings. The largest absolute Gasteiger partial charge is 0.508 e. The molecule has 1 heterocycles. The summed E-state index contributed by atoms with van der Waals surface area (Å²) in [5.41, 5.74) is 6.51. The van der Waals surface area contributed by atoms with Gasteiger partial charge in [-0.2, -0.15) is 4.98 Å². The number of nitrogens with one attached hydrogen (secondary N) is 2. The van der Waals surface area contributed by atoms with Gasteiger partial charge in [0.25, 0.3) is 5.91 Å². The number of benzene rings is 1. The van der Waals surface area contributed by atoms with Gasteiger partial charge in [-0.25, -0.2) is 0 Å². The summed E-state index contributed by atoms with van der Waals surface area (Å²) in [7, 11) is 0. The third kappa shape index (κ3) is 2.33. The lowest BCUT2D eigenvalue weighted by atomic mass is 10.2. The minimum atomic E-state index is -0.445. The lowest BCUT2D eigenvalue weighted by molar-refractivity contribution is 0.101. The van der Waals surface area contributed by atoms with E-state index in [1.807, 2.05) is 0 Å². The molecule has 17 heavy (non-hydrogen) atoms. The Balaban J connectivity index is 2.15. The van der Waals surface area contributed by atoms with Crippen molar-refractivity contribution in [2.45, 2.75) is 6.92 Å². The minimum absolute atomic E-state index is 0.0111. The van der Waals surface area contributed by atoms with Gasteiger partial charge >= 0.3 is 0 Å². The van der Waals surface area contributed by atoms with E-state index in [2.05, 4.69) is 20.5 Å². The Hall–Kier alpha value is -2.57. The molecule has 0 fully saturated rings. The van der Waals surface area contributed by atoms with Crippen LogP contribution in [0.1, 0.15) is 16.2 Å². The van der Waals surface area contributed by atoms with Crippen LogP contribution < -0.4 is 11.1 Å². The Bertz CT molecular complexity index is 564. The molecule has 7 nitrogen and oxygen atoms in total. The number of aromatic hydroxyl groups is 1. The number of nitrogens with two attached hydrogens (primary N) is 1. The molecule has 0 saturated heterocycles. The normalized spacial score (nSPS) is 10.2. The molecule has 0 saturated carbocycles. The average molecular weight is 233 g/mol. The zero-order chi connectivity index (χ0) is 12.4. The number of hydrogen-bond acceptors (Lipinski definition) is 5. The van der Waals surface area contributed by atoms with Gasteiger partial charge in [-0.05, 0) is 30.7 Å². The van der Waals surface area contributed by atoms with Gasteiger partial charge in [0.2, 0.25) is 11.8 Å². The quantitative estimate of drug-likeness (QED) is 0.568. The summed E-state index contributed by atoms with van der Waals surface area (Å²) in [5, 5.41) is 17.9. The number of nitrogens with zero attached hydrogens (tertiary/aromatic N) is 2. The Labute approximate surface area is 96.7 Å². The lowest BCUT2D eigenvalue weighted by Gasteiger charge is -2.04. The van der Waals surface area contributed by atoms with Crippen molar-refractivity contribution in [2.24, 2.45) is 0 Å². The number of phenolic OH excluding ortho intramolecular Hbond substituents is 1. The van der Waals surface area contributed by atoms with E-state index in [0.717, 1.165) is 0 Å². The fourth-order valence-electron chi connectivity index (χ4n) is 1.30. The van der Waals surface area contributed by atoms with Crippen LogP contribution in [0.5, 0.6) is 5.75 Å². The topological polar surface area (TPSA) is 117 Å². The van der Waals surface area contributed by atoms with Crippen molar-refractivity contribution in [3.05, 3.63) is 29.6 Å². The number of aromatic amines is 1. The molecule has 5 N–H and O–H groups in total. The number of anilines is 2. The van der Waals surface area contributed by atoms with Crippen molar-refractivity contribution >= 4 is 17.5 Å². The van der Waals surface area contributed by atoms with Crippen molar-refractivity contribution in [3.63, 3.8) is 0 Å². The monoisotopic (exact) mass is 233 g/mol. The lowest BCUT2D eigenvalue weighted by Crippen LogP contribution is -2.13. The zero-order valence-electron chi connectivity index (χ0n) is 9.06. The van der Waals surface area contributed by atoms with Crippen LogP contribution in [0.25, 0.3) is 0 Å². The van der Waals surface area contributed by atoms with Gasteiger partial charge in [-0.3, -0.25) is 9.89 Å². The summed E-state index contributed by atoms with van der Waals surface area (Å²) in [6.07, 6.45) is 0. The number of carbonyl (C=O) groups excluding carboxylic acids is 1. The van der Waals surface area contributed by atoms with Gasteiger partial charge in [0.15, 0.2) is 0 Å². The number of aromatic nitrogens is 3. The number of hydrogen-bond donors (Lipinski definition) is 4. The van der Waals surface area contributed by atoms with Gasteiger partial charge in [0, 0.05) is 5.69 Å². The fourth-order valence-corrected chi connectivity index (χ4v) is 1.30. The first-order valence-corrected chi connectivity index (χ1v) is 4.85. The highest BCUT2D eigenvalue weighted by Gasteiger charge is 2.11. The van der Waals surface area contributed by atoms with Crippen LogP contribution in [-0.2, 0) is 0 Å². The number of aryl methyl sites for hydroxylation is 1. The third-order valence-electron chi connectivity index (χ3n) is 2.17. The van der Waals surface area contributed by atoms with E-state index in [0.29, 0.717) is 11.3 Å². The number of H-pyrrole nitrogens is 1. The molecule has 0 aliphatic heterocycles. The van der Waals surface area contributed by atoms with Gasteiger partial charge < -0.3 is 16.2 Å². The third-order valence-corrected chi connectivity index (χ3v) is 2.17. The van der Waals surface area contributed by atoms with Gasteiger partial charge in [0.05, 0.1) is 0 Å². The van der Waals surface area contributed by atoms with E-state index >= 15 is 0 Å². The van der Waals surface area contributed by atoms with E-state index in [1.54, 1.807) is 19.1 Å². The van der Waals surface area contributed by atoms with Crippen LogP contribution >= 0.6 is 0 Å². The van der Waals surface area contributed by atoms with Crippen molar-refractivity contribution in [1.29, 1.82) is 0 Å². The van der Waals surface area contributed by atoms with E-state index in [1.165, 1.54) is 6.07 Å². The van der Waals surface area contributed by atoms with E-state index in [9.17, 15) is 9.90 Å². The van der Waals surface area contributed by atoms with Crippen LogP contribution in [0.15, 0.2) is 18.2 Å². The average Bonchev–Trinajstić information content (AvgIpc) is 2.70. The Morgan fingerprint density at radius 3 is 2.88 bits per heavy atom. The maximum absolute atomic E-state index is 11.7. The van der Waals surface area contributed by atoms with Gasteiger partial charge in [-0.1, -0.05) is 0 Å².